The van der Waals surface area contributed by atoms with E-state index in [1.165, 1.54) is 0 Å². The lowest BCUT2D eigenvalue weighted by Crippen LogP contribution is -2.44. The molecule has 0 spiro atoms. The Hall–Kier alpha value is -0.910. The Bertz CT molecular complexity index is 446. The molecule has 1 heterocycles. The van der Waals surface area contributed by atoms with Crippen molar-refractivity contribution in [2.75, 3.05) is 38.6 Å². The van der Waals surface area contributed by atoms with Crippen molar-refractivity contribution < 1.29 is 40.4 Å². The van der Waals surface area contributed by atoms with E-state index in [1.807, 2.05) is 0 Å². The Labute approximate surface area is 119 Å². The van der Waals surface area contributed by atoms with E-state index in [1.54, 1.807) is 4.90 Å². The van der Waals surface area contributed by atoms with Crippen molar-refractivity contribution >= 4 is 16.1 Å². The first-order valence-electron chi connectivity index (χ1n) is 6.07. The average Bonchev–Trinajstić information content (AvgIpc) is 2.24. The molecule has 21 heavy (non-hydrogen) atoms. The Balaban J connectivity index is 2.61. The van der Waals surface area contributed by atoms with Crippen LogP contribution < -0.4 is 0 Å². The minimum atomic E-state index is -4.74. The lowest BCUT2D eigenvalue weighted by atomic mass is 10.3. The molecule has 0 aromatic rings. The fourth-order valence-electron chi connectivity index (χ4n) is 1.82. The fourth-order valence-corrected chi connectivity index (χ4v) is 2.47. The van der Waals surface area contributed by atoms with Crippen LogP contribution in [0.15, 0.2) is 0 Å². The summed E-state index contributed by atoms with van der Waals surface area (Å²) in [5.41, 5.74) is 0. The largest absolute Gasteiger partial charge is 0.460 e. The van der Waals surface area contributed by atoms with Gasteiger partial charge in [-0.2, -0.15) is 21.6 Å². The van der Waals surface area contributed by atoms with Crippen LogP contribution >= 0.6 is 0 Å². The van der Waals surface area contributed by atoms with E-state index in [2.05, 4.69) is 4.74 Å². The predicted octanol–water partition coefficient (Wildman–Crippen LogP) is 0.0706. The highest BCUT2D eigenvalue weighted by atomic mass is 32.2. The first-order chi connectivity index (χ1) is 9.55. The van der Waals surface area contributed by atoms with E-state index >= 15 is 0 Å². The van der Waals surface area contributed by atoms with Gasteiger partial charge in [0.2, 0.25) is 0 Å². The maximum atomic E-state index is 12.1. The van der Waals surface area contributed by atoms with E-state index < -0.39 is 40.5 Å². The molecule has 7 nitrogen and oxygen atoms in total. The van der Waals surface area contributed by atoms with E-state index in [9.17, 15) is 26.4 Å². The topological polar surface area (TPSA) is 93.1 Å². The van der Waals surface area contributed by atoms with Crippen LogP contribution in [0.4, 0.5) is 13.2 Å². The van der Waals surface area contributed by atoms with E-state index in [4.69, 9.17) is 9.29 Å². The van der Waals surface area contributed by atoms with Gasteiger partial charge < -0.3 is 9.47 Å². The van der Waals surface area contributed by atoms with Crippen molar-refractivity contribution in [3.05, 3.63) is 0 Å². The first-order valence-corrected chi connectivity index (χ1v) is 7.67. The quantitative estimate of drug-likeness (QED) is 0.542. The number of rotatable bonds is 6. The number of carbonyl (C=O) groups excluding carboxylic acids is 1. The summed E-state index contributed by atoms with van der Waals surface area (Å²) in [5, 5.41) is 0. The maximum absolute atomic E-state index is 12.1. The van der Waals surface area contributed by atoms with Crippen molar-refractivity contribution in [1.82, 2.24) is 4.90 Å². The van der Waals surface area contributed by atoms with E-state index in [0.717, 1.165) is 0 Å². The standard InChI is InChI=1S/C10H16F3NO6S/c11-10(12,13)5-9(15)20-8(7-21(16,17)18)6-14-1-3-19-4-2-14/h8H,1-7H2,(H,16,17,18). The monoisotopic (exact) mass is 335 g/mol. The van der Waals surface area contributed by atoms with Gasteiger partial charge >= 0.3 is 12.1 Å². The van der Waals surface area contributed by atoms with Crippen LogP contribution in [-0.2, 0) is 24.4 Å². The molecular weight excluding hydrogens is 319 g/mol. The second-order valence-electron chi connectivity index (χ2n) is 4.57. The summed E-state index contributed by atoms with van der Waals surface area (Å²) >= 11 is 0. The van der Waals surface area contributed by atoms with Crippen LogP contribution in [0, 0.1) is 0 Å². The number of morpholine rings is 1. The maximum Gasteiger partial charge on any atom is 0.399 e. The molecule has 0 aromatic heterocycles. The molecule has 1 N–H and O–H groups in total. The van der Waals surface area contributed by atoms with E-state index in [-0.39, 0.29) is 6.54 Å². The first kappa shape index (κ1) is 18.1. The zero-order valence-electron chi connectivity index (χ0n) is 11.0. The minimum Gasteiger partial charge on any atom is -0.460 e. The lowest BCUT2D eigenvalue weighted by molar-refractivity contribution is -0.175. The number of hydrogen-bond acceptors (Lipinski definition) is 6. The summed E-state index contributed by atoms with van der Waals surface area (Å²) in [7, 11) is -4.48. The highest BCUT2D eigenvalue weighted by Crippen LogP contribution is 2.20. The van der Waals surface area contributed by atoms with Gasteiger partial charge in [-0.25, -0.2) is 0 Å². The third kappa shape index (κ3) is 8.86. The molecule has 0 aliphatic carbocycles. The molecule has 1 rings (SSSR count). The number of carbonyl (C=O) groups is 1. The summed E-state index contributed by atoms with van der Waals surface area (Å²) in [6.07, 6.45) is -7.91. The molecule has 1 saturated heterocycles. The Morgan fingerprint density at radius 1 is 1.33 bits per heavy atom. The SMILES string of the molecule is O=C(CC(F)(F)F)OC(CN1CCOCC1)CS(=O)(=O)O. The number of esters is 1. The molecule has 1 fully saturated rings. The van der Waals surface area contributed by atoms with Gasteiger partial charge in [0.25, 0.3) is 10.1 Å². The van der Waals surface area contributed by atoms with Crippen LogP contribution in [0.5, 0.6) is 0 Å². The smallest absolute Gasteiger partial charge is 0.399 e. The van der Waals surface area contributed by atoms with Crippen LogP contribution in [0.25, 0.3) is 0 Å². The van der Waals surface area contributed by atoms with Gasteiger partial charge in [0, 0.05) is 19.6 Å². The van der Waals surface area contributed by atoms with Crippen LogP contribution in [-0.4, -0.2) is 74.7 Å². The van der Waals surface area contributed by atoms with Gasteiger partial charge in [0.15, 0.2) is 0 Å². The van der Waals surface area contributed by atoms with Gasteiger partial charge in [-0.15, -0.1) is 0 Å². The summed E-state index contributed by atoms with van der Waals surface area (Å²) in [6.45, 7) is 1.54. The number of ether oxygens (including phenoxy) is 2. The Kier molecular flexibility index (Phi) is 6.38. The second-order valence-corrected chi connectivity index (χ2v) is 6.06. The predicted molar refractivity (Wildman–Crippen MR) is 64.2 cm³/mol. The normalized spacial score (nSPS) is 19.2. The molecule has 1 aliphatic rings. The molecule has 11 heteroatoms. The molecule has 0 saturated carbocycles. The highest BCUT2D eigenvalue weighted by Gasteiger charge is 2.34. The molecular formula is C10H16F3NO6S. The van der Waals surface area contributed by atoms with Crippen molar-refractivity contribution in [2.45, 2.75) is 18.7 Å². The molecule has 1 aliphatic heterocycles. The van der Waals surface area contributed by atoms with Gasteiger partial charge in [-0.05, 0) is 0 Å². The number of hydrogen-bond donors (Lipinski definition) is 1. The number of alkyl halides is 3. The van der Waals surface area contributed by atoms with Crippen molar-refractivity contribution in [2.24, 2.45) is 0 Å². The second kappa shape index (κ2) is 7.38. The third-order valence-corrected chi connectivity index (χ3v) is 3.40. The number of halogens is 3. The Morgan fingerprint density at radius 2 is 1.90 bits per heavy atom. The van der Waals surface area contributed by atoms with Gasteiger partial charge in [-0.3, -0.25) is 14.2 Å². The zero-order chi connectivity index (χ0) is 16.1. The zero-order valence-corrected chi connectivity index (χ0v) is 11.8. The van der Waals surface area contributed by atoms with Crippen LogP contribution in [0.1, 0.15) is 6.42 Å². The molecule has 0 aromatic carbocycles. The molecule has 0 radical (unpaired) electrons. The Morgan fingerprint density at radius 3 is 2.38 bits per heavy atom. The molecule has 124 valence electrons. The summed E-state index contributed by atoms with van der Waals surface area (Å²) in [4.78, 5) is 12.8. The molecule has 0 amide bonds. The number of nitrogens with zero attached hydrogens (tertiary/aromatic N) is 1. The van der Waals surface area contributed by atoms with Gasteiger partial charge in [0.05, 0.1) is 13.2 Å². The lowest BCUT2D eigenvalue weighted by Gasteiger charge is -2.29. The van der Waals surface area contributed by atoms with E-state index in [0.29, 0.717) is 26.3 Å². The summed E-state index contributed by atoms with van der Waals surface area (Å²) in [5.74, 6) is -2.53. The average molecular weight is 335 g/mol. The molecule has 0 bridgehead atoms. The van der Waals surface area contributed by atoms with Crippen molar-refractivity contribution in [1.29, 1.82) is 0 Å². The van der Waals surface area contributed by atoms with Crippen LogP contribution in [0.2, 0.25) is 0 Å². The van der Waals surface area contributed by atoms with Gasteiger partial charge in [-0.1, -0.05) is 0 Å². The summed E-state index contributed by atoms with van der Waals surface area (Å²) in [6, 6.07) is 0. The van der Waals surface area contributed by atoms with Crippen LogP contribution in [0.3, 0.4) is 0 Å². The molecule has 1 atom stereocenters. The highest BCUT2D eigenvalue weighted by molar-refractivity contribution is 7.85. The molecule has 1 unspecified atom stereocenters. The van der Waals surface area contributed by atoms with Crippen molar-refractivity contribution in [3.63, 3.8) is 0 Å². The minimum absolute atomic E-state index is 0.0905. The fraction of sp³-hybridized carbons (Fsp3) is 0.900. The summed E-state index contributed by atoms with van der Waals surface area (Å²) < 4.78 is 76.2. The van der Waals surface area contributed by atoms with Crippen molar-refractivity contribution in [3.8, 4) is 0 Å². The third-order valence-electron chi connectivity index (χ3n) is 2.60. The van der Waals surface area contributed by atoms with Gasteiger partial charge in [0.1, 0.15) is 18.3 Å².